The highest BCUT2D eigenvalue weighted by atomic mass is 16.5. The average Bonchev–Trinajstić information content (AvgIpc) is 3.27. The topological polar surface area (TPSA) is 94.5 Å². The van der Waals surface area contributed by atoms with Crippen molar-refractivity contribution in [2.24, 2.45) is 5.92 Å². The Kier molecular flexibility index (Phi) is 5.24. The van der Waals surface area contributed by atoms with E-state index in [0.29, 0.717) is 45.6 Å². The lowest BCUT2D eigenvalue weighted by atomic mass is 10.0. The molecular formula is C15H24N4O3. The van der Waals surface area contributed by atoms with Crippen molar-refractivity contribution in [3.8, 4) is 6.07 Å². The fourth-order valence-corrected chi connectivity index (χ4v) is 2.42. The average molecular weight is 308 g/mol. The van der Waals surface area contributed by atoms with E-state index in [1.54, 1.807) is 4.90 Å². The van der Waals surface area contributed by atoms with E-state index in [2.05, 4.69) is 16.7 Å². The van der Waals surface area contributed by atoms with Crippen LogP contribution in [0.3, 0.4) is 0 Å². The van der Waals surface area contributed by atoms with Crippen molar-refractivity contribution in [2.75, 3.05) is 26.3 Å². The smallest absolute Gasteiger partial charge is 0.318 e. The third-order valence-corrected chi connectivity index (χ3v) is 3.95. The van der Waals surface area contributed by atoms with Gasteiger partial charge in [-0.3, -0.25) is 4.79 Å². The Morgan fingerprint density at radius 3 is 2.45 bits per heavy atom. The highest BCUT2D eigenvalue weighted by Crippen LogP contribution is 2.34. The number of nitrogens with zero attached hydrogens (tertiary/aromatic N) is 2. The minimum Gasteiger partial charge on any atom is -0.378 e. The molecule has 3 amide bonds. The minimum atomic E-state index is -0.712. The van der Waals surface area contributed by atoms with Crippen molar-refractivity contribution in [3.63, 3.8) is 0 Å². The highest BCUT2D eigenvalue weighted by molar-refractivity contribution is 5.88. The lowest BCUT2D eigenvalue weighted by Crippen LogP contribution is -2.55. The quantitative estimate of drug-likeness (QED) is 0.778. The number of rotatable bonds is 5. The molecule has 1 atom stereocenters. The first kappa shape index (κ1) is 16.6. The Labute approximate surface area is 131 Å². The molecule has 0 radical (unpaired) electrons. The number of nitriles is 1. The molecule has 1 aliphatic carbocycles. The third kappa shape index (κ3) is 4.34. The second kappa shape index (κ2) is 6.97. The number of hydrogen-bond donors (Lipinski definition) is 2. The number of carbonyl (C=O) groups excluding carboxylic acids is 2. The highest BCUT2D eigenvalue weighted by Gasteiger charge is 2.45. The number of nitrogens with one attached hydrogen (secondary N) is 2. The van der Waals surface area contributed by atoms with Gasteiger partial charge in [0.25, 0.3) is 0 Å². The molecule has 7 heteroatoms. The van der Waals surface area contributed by atoms with Gasteiger partial charge in [-0.15, -0.1) is 0 Å². The Bertz CT molecular complexity index is 462. The number of ether oxygens (including phenoxy) is 1. The van der Waals surface area contributed by atoms with Gasteiger partial charge in [0.2, 0.25) is 5.91 Å². The number of urea groups is 1. The molecular weight excluding hydrogens is 284 g/mol. The van der Waals surface area contributed by atoms with Crippen molar-refractivity contribution in [1.82, 2.24) is 15.5 Å². The molecule has 2 N–H and O–H groups in total. The lowest BCUT2D eigenvalue weighted by molar-refractivity contribution is -0.124. The summed E-state index contributed by atoms with van der Waals surface area (Å²) in [5, 5.41) is 14.7. The van der Waals surface area contributed by atoms with Crippen LogP contribution in [0.25, 0.3) is 0 Å². The lowest BCUT2D eigenvalue weighted by Gasteiger charge is -2.29. The molecule has 0 aromatic rings. The van der Waals surface area contributed by atoms with Crippen LogP contribution >= 0.6 is 0 Å². The maximum atomic E-state index is 12.4. The molecule has 1 saturated carbocycles. The monoisotopic (exact) mass is 308 g/mol. The predicted octanol–water partition coefficient (Wildman–Crippen LogP) is 0.615. The molecule has 2 rings (SSSR count). The molecule has 1 saturated heterocycles. The van der Waals surface area contributed by atoms with Crippen molar-refractivity contribution in [3.05, 3.63) is 0 Å². The van der Waals surface area contributed by atoms with Crippen LogP contribution in [-0.4, -0.2) is 54.7 Å². The first-order chi connectivity index (χ1) is 10.5. The summed E-state index contributed by atoms with van der Waals surface area (Å²) in [7, 11) is 0. The standard InChI is InChI=1S/C15H24N4O3/c1-11(2)9-12(13(20)18-15(10-16)3-4-15)17-14(21)19-5-7-22-8-6-19/h11-12H,3-9H2,1-2H3,(H,17,21)(H,18,20)/t12-/m0/s1. The van der Waals surface area contributed by atoms with Gasteiger partial charge in [-0.1, -0.05) is 13.8 Å². The summed E-state index contributed by atoms with van der Waals surface area (Å²) in [6.07, 6.45) is 1.91. The van der Waals surface area contributed by atoms with E-state index in [0.717, 1.165) is 0 Å². The Morgan fingerprint density at radius 2 is 1.95 bits per heavy atom. The van der Waals surface area contributed by atoms with E-state index in [4.69, 9.17) is 10.00 Å². The number of amides is 3. The van der Waals surface area contributed by atoms with Gasteiger partial charge >= 0.3 is 6.03 Å². The number of carbonyl (C=O) groups is 2. The van der Waals surface area contributed by atoms with Crippen LogP contribution in [0.2, 0.25) is 0 Å². The molecule has 0 aromatic carbocycles. The van der Waals surface area contributed by atoms with Gasteiger partial charge in [-0.2, -0.15) is 5.26 Å². The first-order valence-electron chi connectivity index (χ1n) is 7.82. The third-order valence-electron chi connectivity index (χ3n) is 3.95. The molecule has 1 heterocycles. The van der Waals surface area contributed by atoms with E-state index in [1.165, 1.54) is 0 Å². The van der Waals surface area contributed by atoms with Crippen molar-refractivity contribution < 1.29 is 14.3 Å². The SMILES string of the molecule is CC(C)C[C@H](NC(=O)N1CCOCC1)C(=O)NC1(C#N)CC1. The van der Waals surface area contributed by atoms with Gasteiger partial charge < -0.3 is 20.3 Å². The normalized spacial score (nSPS) is 20.9. The van der Waals surface area contributed by atoms with Crippen LogP contribution in [0.5, 0.6) is 0 Å². The second-order valence-corrected chi connectivity index (χ2v) is 6.41. The van der Waals surface area contributed by atoms with Crippen molar-refractivity contribution in [1.29, 1.82) is 5.26 Å². The molecule has 1 aliphatic heterocycles. The van der Waals surface area contributed by atoms with E-state index in [9.17, 15) is 9.59 Å². The summed E-state index contributed by atoms with van der Waals surface area (Å²) >= 11 is 0. The zero-order chi connectivity index (χ0) is 16.2. The van der Waals surface area contributed by atoms with Gasteiger partial charge in [-0.25, -0.2) is 4.79 Å². The molecule has 0 aromatic heterocycles. The van der Waals surface area contributed by atoms with Gasteiger partial charge in [-0.05, 0) is 25.2 Å². The van der Waals surface area contributed by atoms with Crippen LogP contribution in [0.1, 0.15) is 33.1 Å². The van der Waals surface area contributed by atoms with Crippen LogP contribution in [0.15, 0.2) is 0 Å². The van der Waals surface area contributed by atoms with Gasteiger partial charge in [0, 0.05) is 13.1 Å². The maximum absolute atomic E-state index is 12.4. The summed E-state index contributed by atoms with van der Waals surface area (Å²) in [6, 6.07) is 1.28. The maximum Gasteiger partial charge on any atom is 0.318 e. The molecule has 7 nitrogen and oxygen atoms in total. The van der Waals surface area contributed by atoms with Gasteiger partial charge in [0.05, 0.1) is 19.3 Å². The molecule has 0 bridgehead atoms. The Balaban J connectivity index is 1.94. The van der Waals surface area contributed by atoms with Crippen LogP contribution in [0, 0.1) is 17.2 Å². The van der Waals surface area contributed by atoms with E-state index >= 15 is 0 Å². The molecule has 2 fully saturated rings. The van der Waals surface area contributed by atoms with Crippen LogP contribution in [-0.2, 0) is 9.53 Å². The number of morpholine rings is 1. The summed E-state index contributed by atoms with van der Waals surface area (Å²) < 4.78 is 5.22. The molecule has 0 spiro atoms. The fourth-order valence-electron chi connectivity index (χ4n) is 2.42. The zero-order valence-corrected chi connectivity index (χ0v) is 13.2. The summed E-state index contributed by atoms with van der Waals surface area (Å²) in [6.45, 7) is 6.10. The van der Waals surface area contributed by atoms with E-state index in [-0.39, 0.29) is 17.9 Å². The predicted molar refractivity (Wildman–Crippen MR) is 79.9 cm³/mol. The summed E-state index contributed by atoms with van der Waals surface area (Å²) in [4.78, 5) is 26.3. The minimum absolute atomic E-state index is 0.245. The second-order valence-electron chi connectivity index (χ2n) is 6.41. The Hall–Kier alpha value is -1.81. The fraction of sp³-hybridized carbons (Fsp3) is 0.800. The molecule has 0 unspecified atom stereocenters. The number of hydrogen-bond acceptors (Lipinski definition) is 4. The summed E-state index contributed by atoms with van der Waals surface area (Å²) in [5.41, 5.74) is -0.712. The Morgan fingerprint density at radius 1 is 1.32 bits per heavy atom. The van der Waals surface area contributed by atoms with Crippen LogP contribution < -0.4 is 10.6 Å². The molecule has 2 aliphatic rings. The molecule has 122 valence electrons. The van der Waals surface area contributed by atoms with Crippen molar-refractivity contribution >= 4 is 11.9 Å². The summed E-state index contributed by atoms with van der Waals surface area (Å²) in [5.74, 6) is -0.00710. The van der Waals surface area contributed by atoms with E-state index in [1.807, 2.05) is 13.8 Å². The largest absolute Gasteiger partial charge is 0.378 e. The first-order valence-corrected chi connectivity index (χ1v) is 7.82. The van der Waals surface area contributed by atoms with Gasteiger partial charge in [0.1, 0.15) is 11.6 Å². The van der Waals surface area contributed by atoms with Gasteiger partial charge in [0.15, 0.2) is 0 Å². The van der Waals surface area contributed by atoms with E-state index < -0.39 is 11.6 Å². The van der Waals surface area contributed by atoms with Crippen molar-refractivity contribution in [2.45, 2.75) is 44.7 Å². The zero-order valence-electron chi connectivity index (χ0n) is 13.2. The molecule has 22 heavy (non-hydrogen) atoms. The van der Waals surface area contributed by atoms with Crippen LogP contribution in [0.4, 0.5) is 4.79 Å².